The number of hydrogen-bond donors (Lipinski definition) is 2. The fourth-order valence-corrected chi connectivity index (χ4v) is 2.81. The molecule has 0 aromatic heterocycles. The zero-order valence-corrected chi connectivity index (χ0v) is 13.5. The molecule has 0 saturated carbocycles. The first kappa shape index (κ1) is 17.8. The highest BCUT2D eigenvalue weighted by Crippen LogP contribution is 2.33. The molecule has 2 aromatic carbocycles. The summed E-state index contributed by atoms with van der Waals surface area (Å²) in [5.74, 6) is -1.56. The number of anilines is 2. The number of aromatic hydroxyl groups is 1. The third-order valence-electron chi connectivity index (χ3n) is 4.09. The van der Waals surface area contributed by atoms with Gasteiger partial charge in [0.2, 0.25) is 11.8 Å². The Kier molecular flexibility index (Phi) is 4.58. The summed E-state index contributed by atoms with van der Waals surface area (Å²) in [6.45, 7) is -0.00913. The number of phenolic OH excluding ortho intramolecular Hbond substituents is 1. The molecule has 26 heavy (non-hydrogen) atoms. The lowest BCUT2D eigenvalue weighted by molar-refractivity contribution is -0.137. The Balaban J connectivity index is 1.73. The number of nitrogens with one attached hydrogen (secondary N) is 1. The Hall–Kier alpha value is -3.03. The number of hydrogen-bond acceptors (Lipinski definition) is 3. The molecule has 0 spiro atoms. The smallest absolute Gasteiger partial charge is 0.416 e. The van der Waals surface area contributed by atoms with Crippen LogP contribution >= 0.6 is 0 Å². The van der Waals surface area contributed by atoms with Crippen LogP contribution in [0.1, 0.15) is 12.0 Å². The zero-order chi connectivity index (χ0) is 18.9. The second-order valence-corrected chi connectivity index (χ2v) is 5.99. The summed E-state index contributed by atoms with van der Waals surface area (Å²) in [6.07, 6.45) is -4.61. The lowest BCUT2D eigenvalue weighted by Crippen LogP contribution is -2.28. The van der Waals surface area contributed by atoms with Gasteiger partial charge in [-0.15, -0.1) is 0 Å². The molecule has 1 aliphatic rings. The fraction of sp³-hybridized carbons (Fsp3) is 0.222. The summed E-state index contributed by atoms with van der Waals surface area (Å²) in [4.78, 5) is 25.7. The predicted molar refractivity (Wildman–Crippen MR) is 88.6 cm³/mol. The molecule has 136 valence electrons. The SMILES string of the molecule is O=C(Nc1cccc(O)c1)C1CC(=O)N(c2cccc(C(F)(F)F)c2)C1. The van der Waals surface area contributed by atoms with Gasteiger partial charge in [0.25, 0.3) is 0 Å². The number of halogens is 3. The molecular weight excluding hydrogens is 349 g/mol. The Morgan fingerprint density at radius 1 is 1.15 bits per heavy atom. The van der Waals surface area contributed by atoms with E-state index in [1.807, 2.05) is 0 Å². The van der Waals surface area contributed by atoms with Crippen LogP contribution in [0.15, 0.2) is 48.5 Å². The third-order valence-corrected chi connectivity index (χ3v) is 4.09. The van der Waals surface area contributed by atoms with E-state index in [0.717, 1.165) is 12.1 Å². The molecule has 2 N–H and O–H groups in total. The quantitative estimate of drug-likeness (QED) is 0.877. The van der Waals surface area contributed by atoms with Crippen LogP contribution in [0.25, 0.3) is 0 Å². The van der Waals surface area contributed by atoms with E-state index in [0.29, 0.717) is 5.69 Å². The summed E-state index contributed by atoms with van der Waals surface area (Å²) >= 11 is 0. The molecule has 8 heteroatoms. The number of benzene rings is 2. The van der Waals surface area contributed by atoms with Gasteiger partial charge >= 0.3 is 6.18 Å². The minimum Gasteiger partial charge on any atom is -0.508 e. The number of carbonyl (C=O) groups excluding carboxylic acids is 2. The largest absolute Gasteiger partial charge is 0.508 e. The maximum absolute atomic E-state index is 12.8. The Morgan fingerprint density at radius 2 is 1.88 bits per heavy atom. The molecule has 1 unspecified atom stereocenters. The van der Waals surface area contributed by atoms with Crippen molar-refractivity contribution in [1.82, 2.24) is 0 Å². The highest BCUT2D eigenvalue weighted by atomic mass is 19.4. The normalized spacial score (nSPS) is 17.4. The fourth-order valence-electron chi connectivity index (χ4n) is 2.81. The Labute approximate surface area is 147 Å². The lowest BCUT2D eigenvalue weighted by Gasteiger charge is -2.18. The average molecular weight is 364 g/mol. The molecule has 2 aromatic rings. The van der Waals surface area contributed by atoms with Crippen LogP contribution in [0.3, 0.4) is 0 Å². The van der Waals surface area contributed by atoms with E-state index >= 15 is 0 Å². The molecule has 0 aliphatic carbocycles. The summed E-state index contributed by atoms with van der Waals surface area (Å²) in [6, 6.07) is 10.4. The molecular formula is C18H15F3N2O3. The summed E-state index contributed by atoms with van der Waals surface area (Å²) in [7, 11) is 0. The van der Waals surface area contributed by atoms with E-state index in [4.69, 9.17) is 0 Å². The van der Waals surface area contributed by atoms with Crippen molar-refractivity contribution in [2.75, 3.05) is 16.8 Å². The summed E-state index contributed by atoms with van der Waals surface area (Å²) in [5.41, 5.74) is -0.368. The molecule has 1 atom stereocenters. The van der Waals surface area contributed by atoms with E-state index in [1.54, 1.807) is 12.1 Å². The van der Waals surface area contributed by atoms with Gasteiger partial charge in [0, 0.05) is 30.4 Å². The highest BCUT2D eigenvalue weighted by molar-refractivity contribution is 6.03. The van der Waals surface area contributed by atoms with Crippen LogP contribution < -0.4 is 10.2 Å². The summed E-state index contributed by atoms with van der Waals surface area (Å²) in [5, 5.41) is 12.0. The van der Waals surface area contributed by atoms with Crippen molar-refractivity contribution in [3.63, 3.8) is 0 Å². The second kappa shape index (κ2) is 6.70. The van der Waals surface area contributed by atoms with Crippen molar-refractivity contribution >= 4 is 23.2 Å². The minimum atomic E-state index is -4.51. The molecule has 1 aliphatic heterocycles. The van der Waals surface area contributed by atoms with Gasteiger partial charge in [0.15, 0.2) is 0 Å². The van der Waals surface area contributed by atoms with Crippen LogP contribution in [0.4, 0.5) is 24.5 Å². The average Bonchev–Trinajstić information content (AvgIpc) is 2.96. The predicted octanol–water partition coefficient (Wildman–Crippen LogP) is 3.40. The summed E-state index contributed by atoms with van der Waals surface area (Å²) < 4.78 is 38.5. The first-order valence-corrected chi connectivity index (χ1v) is 7.81. The topological polar surface area (TPSA) is 69.6 Å². The van der Waals surface area contributed by atoms with Gasteiger partial charge in [-0.1, -0.05) is 12.1 Å². The molecule has 2 amide bonds. The first-order chi connectivity index (χ1) is 12.2. The number of nitrogens with zero attached hydrogens (tertiary/aromatic N) is 1. The number of carbonyl (C=O) groups is 2. The van der Waals surface area contributed by atoms with Crippen molar-refractivity contribution in [2.45, 2.75) is 12.6 Å². The Bertz CT molecular complexity index is 852. The van der Waals surface area contributed by atoms with Gasteiger partial charge in [-0.2, -0.15) is 13.2 Å². The monoisotopic (exact) mass is 364 g/mol. The number of phenols is 1. The van der Waals surface area contributed by atoms with Crippen LogP contribution in [0, 0.1) is 5.92 Å². The van der Waals surface area contributed by atoms with Crippen molar-refractivity contribution in [3.8, 4) is 5.75 Å². The molecule has 0 radical (unpaired) electrons. The van der Waals surface area contributed by atoms with Gasteiger partial charge in [-0.05, 0) is 30.3 Å². The van der Waals surface area contributed by atoms with Crippen molar-refractivity contribution in [2.24, 2.45) is 5.92 Å². The molecule has 0 bridgehead atoms. The van der Waals surface area contributed by atoms with Crippen molar-refractivity contribution in [3.05, 3.63) is 54.1 Å². The second-order valence-electron chi connectivity index (χ2n) is 5.99. The van der Waals surface area contributed by atoms with E-state index in [9.17, 15) is 27.9 Å². The van der Waals surface area contributed by atoms with Crippen molar-refractivity contribution < 1.29 is 27.9 Å². The number of amides is 2. The van der Waals surface area contributed by atoms with Crippen LogP contribution in [0.5, 0.6) is 5.75 Å². The van der Waals surface area contributed by atoms with Gasteiger partial charge in [-0.3, -0.25) is 9.59 Å². The maximum Gasteiger partial charge on any atom is 0.416 e. The van der Waals surface area contributed by atoms with Crippen LogP contribution in [-0.4, -0.2) is 23.5 Å². The van der Waals surface area contributed by atoms with E-state index in [1.165, 1.54) is 29.2 Å². The Morgan fingerprint density at radius 3 is 2.58 bits per heavy atom. The standard InChI is InChI=1S/C18H15F3N2O3/c19-18(20,21)12-3-1-5-14(8-12)23-10-11(7-16(23)25)17(26)22-13-4-2-6-15(24)9-13/h1-6,8-9,11,24H,7,10H2,(H,22,26). The van der Waals surface area contributed by atoms with Crippen LogP contribution in [0.2, 0.25) is 0 Å². The van der Waals surface area contributed by atoms with E-state index < -0.39 is 29.5 Å². The number of rotatable bonds is 3. The van der Waals surface area contributed by atoms with Gasteiger partial charge in [0.1, 0.15) is 5.75 Å². The van der Waals surface area contributed by atoms with Gasteiger partial charge < -0.3 is 15.3 Å². The molecule has 5 nitrogen and oxygen atoms in total. The minimum absolute atomic E-state index is 0.00913. The van der Waals surface area contributed by atoms with Crippen molar-refractivity contribution in [1.29, 1.82) is 0 Å². The maximum atomic E-state index is 12.8. The zero-order valence-electron chi connectivity index (χ0n) is 13.5. The molecule has 1 saturated heterocycles. The lowest BCUT2D eigenvalue weighted by atomic mass is 10.1. The van der Waals surface area contributed by atoms with E-state index in [2.05, 4.69) is 5.32 Å². The van der Waals surface area contributed by atoms with E-state index in [-0.39, 0.29) is 24.4 Å². The molecule has 1 fully saturated rings. The number of alkyl halides is 3. The molecule has 1 heterocycles. The van der Waals surface area contributed by atoms with Crippen LogP contribution in [-0.2, 0) is 15.8 Å². The molecule has 3 rings (SSSR count). The first-order valence-electron chi connectivity index (χ1n) is 7.81. The van der Waals surface area contributed by atoms with Gasteiger partial charge in [-0.25, -0.2) is 0 Å². The van der Waals surface area contributed by atoms with Gasteiger partial charge in [0.05, 0.1) is 11.5 Å². The highest BCUT2D eigenvalue weighted by Gasteiger charge is 2.37. The third kappa shape index (κ3) is 3.79.